The van der Waals surface area contributed by atoms with Gasteiger partial charge in [0.25, 0.3) is 0 Å². The number of amides is 1. The van der Waals surface area contributed by atoms with Crippen LogP contribution in [0.5, 0.6) is 0 Å². The number of benzene rings is 1. The zero-order chi connectivity index (χ0) is 15.1. The van der Waals surface area contributed by atoms with Gasteiger partial charge in [-0.25, -0.2) is 0 Å². The van der Waals surface area contributed by atoms with Gasteiger partial charge in [-0.15, -0.1) is 23.4 Å². The van der Waals surface area contributed by atoms with E-state index in [1.807, 2.05) is 37.3 Å². The van der Waals surface area contributed by atoms with E-state index < -0.39 is 0 Å². The standard InChI is InChI=1S/C14H17N5OS/c1-3-9-15-14(20)11(2)21-10-13-16-17-18-19(13)12-7-5-4-6-8-12/h3-8,11H,1,9-10H2,2H3,(H,15,20)/t11-/m0/s1. The second-order valence-electron chi connectivity index (χ2n) is 4.33. The Kier molecular flexibility index (Phi) is 5.51. The van der Waals surface area contributed by atoms with E-state index in [1.165, 1.54) is 11.8 Å². The van der Waals surface area contributed by atoms with E-state index in [0.29, 0.717) is 12.3 Å². The maximum absolute atomic E-state index is 11.8. The van der Waals surface area contributed by atoms with Crippen molar-refractivity contribution in [3.05, 3.63) is 48.8 Å². The molecule has 0 saturated heterocycles. The molecule has 110 valence electrons. The third kappa shape index (κ3) is 4.16. The monoisotopic (exact) mass is 303 g/mol. The average Bonchev–Trinajstić information content (AvgIpc) is 2.99. The molecule has 1 N–H and O–H groups in total. The highest BCUT2D eigenvalue weighted by Gasteiger charge is 2.15. The molecular formula is C14H17N5OS. The molecule has 1 amide bonds. The lowest BCUT2D eigenvalue weighted by Crippen LogP contribution is -2.31. The van der Waals surface area contributed by atoms with Crippen molar-refractivity contribution in [1.82, 2.24) is 25.5 Å². The van der Waals surface area contributed by atoms with E-state index in [9.17, 15) is 4.79 Å². The fourth-order valence-corrected chi connectivity index (χ4v) is 2.47. The molecule has 0 aliphatic carbocycles. The molecule has 0 fully saturated rings. The first-order valence-corrected chi connectivity index (χ1v) is 7.60. The number of thioether (sulfide) groups is 1. The van der Waals surface area contributed by atoms with Gasteiger partial charge in [0.1, 0.15) is 0 Å². The molecule has 1 aromatic carbocycles. The first-order valence-electron chi connectivity index (χ1n) is 6.55. The average molecular weight is 303 g/mol. The normalized spacial score (nSPS) is 11.9. The lowest BCUT2D eigenvalue weighted by atomic mass is 10.3. The first kappa shape index (κ1) is 15.2. The summed E-state index contributed by atoms with van der Waals surface area (Å²) in [6, 6.07) is 9.67. The topological polar surface area (TPSA) is 72.7 Å². The molecule has 0 radical (unpaired) electrons. The minimum absolute atomic E-state index is 0.0152. The highest BCUT2D eigenvalue weighted by molar-refractivity contribution is 7.99. The summed E-state index contributed by atoms with van der Waals surface area (Å²) in [6.45, 7) is 5.91. The van der Waals surface area contributed by atoms with Gasteiger partial charge in [0.2, 0.25) is 5.91 Å². The number of carbonyl (C=O) groups is 1. The number of nitrogens with one attached hydrogen (secondary N) is 1. The fraction of sp³-hybridized carbons (Fsp3) is 0.286. The van der Waals surface area contributed by atoms with Crippen molar-refractivity contribution >= 4 is 17.7 Å². The van der Waals surface area contributed by atoms with Crippen molar-refractivity contribution in [1.29, 1.82) is 0 Å². The number of nitrogens with zero attached hydrogens (tertiary/aromatic N) is 4. The number of hydrogen-bond acceptors (Lipinski definition) is 5. The van der Waals surface area contributed by atoms with Gasteiger partial charge in [-0.2, -0.15) is 4.68 Å². The zero-order valence-corrected chi connectivity index (χ0v) is 12.6. The molecule has 0 saturated carbocycles. The zero-order valence-electron chi connectivity index (χ0n) is 11.8. The molecule has 0 aliphatic rings. The van der Waals surface area contributed by atoms with Gasteiger partial charge in [0.05, 0.1) is 16.7 Å². The lowest BCUT2D eigenvalue weighted by molar-refractivity contribution is -0.120. The Balaban J connectivity index is 1.97. The Hall–Kier alpha value is -2.15. The van der Waals surface area contributed by atoms with Crippen LogP contribution in [0.3, 0.4) is 0 Å². The molecular weight excluding hydrogens is 286 g/mol. The summed E-state index contributed by atoms with van der Waals surface area (Å²) >= 11 is 1.49. The first-order chi connectivity index (χ1) is 10.2. The van der Waals surface area contributed by atoms with E-state index in [-0.39, 0.29) is 11.2 Å². The van der Waals surface area contributed by atoms with E-state index in [4.69, 9.17) is 0 Å². The Morgan fingerprint density at radius 2 is 2.24 bits per heavy atom. The van der Waals surface area contributed by atoms with Crippen LogP contribution < -0.4 is 5.32 Å². The van der Waals surface area contributed by atoms with E-state index >= 15 is 0 Å². The summed E-state index contributed by atoms with van der Waals surface area (Å²) < 4.78 is 1.68. The number of carbonyl (C=O) groups excluding carboxylic acids is 1. The molecule has 6 nitrogen and oxygen atoms in total. The summed E-state index contributed by atoms with van der Waals surface area (Å²) in [5, 5.41) is 14.3. The highest BCUT2D eigenvalue weighted by atomic mass is 32.2. The number of rotatable bonds is 7. The van der Waals surface area contributed by atoms with Crippen molar-refractivity contribution in [2.24, 2.45) is 0 Å². The molecule has 0 unspecified atom stereocenters. The van der Waals surface area contributed by atoms with Gasteiger partial charge >= 0.3 is 0 Å². The van der Waals surface area contributed by atoms with Crippen molar-refractivity contribution in [3.8, 4) is 5.69 Å². The summed E-state index contributed by atoms with van der Waals surface area (Å²) in [7, 11) is 0. The second-order valence-corrected chi connectivity index (χ2v) is 5.66. The summed E-state index contributed by atoms with van der Waals surface area (Å²) in [5.74, 6) is 1.26. The van der Waals surface area contributed by atoms with Crippen LogP contribution in [0.1, 0.15) is 12.7 Å². The van der Waals surface area contributed by atoms with Gasteiger partial charge in [-0.1, -0.05) is 24.3 Å². The maximum atomic E-state index is 11.8. The number of aromatic nitrogens is 4. The van der Waals surface area contributed by atoms with Crippen LogP contribution in [0.25, 0.3) is 5.69 Å². The minimum atomic E-state index is -0.175. The van der Waals surface area contributed by atoms with Crippen LogP contribution in [-0.2, 0) is 10.5 Å². The summed E-state index contributed by atoms with van der Waals surface area (Å²) in [5.41, 5.74) is 0.905. The van der Waals surface area contributed by atoms with Crippen molar-refractivity contribution in [3.63, 3.8) is 0 Å². The summed E-state index contributed by atoms with van der Waals surface area (Å²) in [6.07, 6.45) is 1.66. The third-order valence-electron chi connectivity index (χ3n) is 2.79. The van der Waals surface area contributed by atoms with Crippen LogP contribution in [0, 0.1) is 0 Å². The molecule has 2 aromatic rings. The molecule has 0 bridgehead atoms. The van der Waals surface area contributed by atoms with Crippen LogP contribution in [0.4, 0.5) is 0 Å². The van der Waals surface area contributed by atoms with Gasteiger partial charge in [0.15, 0.2) is 5.82 Å². The molecule has 0 aliphatic heterocycles. The number of tetrazole rings is 1. The van der Waals surface area contributed by atoms with Crippen LogP contribution in [-0.4, -0.2) is 37.9 Å². The quantitative estimate of drug-likeness (QED) is 0.786. The van der Waals surface area contributed by atoms with Crippen LogP contribution in [0.2, 0.25) is 0 Å². The van der Waals surface area contributed by atoms with Crippen molar-refractivity contribution < 1.29 is 4.79 Å². The van der Waals surface area contributed by atoms with Gasteiger partial charge in [0, 0.05) is 6.54 Å². The van der Waals surface area contributed by atoms with E-state index in [0.717, 1.165) is 11.5 Å². The van der Waals surface area contributed by atoms with Crippen molar-refractivity contribution in [2.75, 3.05) is 6.54 Å². The SMILES string of the molecule is C=CCNC(=O)[C@H](C)SCc1nnnn1-c1ccccc1. The predicted octanol–water partition coefficient (Wildman–Crippen LogP) is 1.59. The molecule has 1 heterocycles. The van der Waals surface area contributed by atoms with Gasteiger partial charge in [-0.05, 0) is 29.5 Å². The smallest absolute Gasteiger partial charge is 0.233 e. The van der Waals surface area contributed by atoms with Crippen molar-refractivity contribution in [2.45, 2.75) is 17.9 Å². The largest absolute Gasteiger partial charge is 0.352 e. The molecule has 1 aromatic heterocycles. The second kappa shape index (κ2) is 7.58. The van der Waals surface area contributed by atoms with Gasteiger partial charge < -0.3 is 5.32 Å². The van der Waals surface area contributed by atoms with Crippen LogP contribution >= 0.6 is 11.8 Å². The molecule has 2 rings (SSSR count). The predicted molar refractivity (Wildman–Crippen MR) is 83.1 cm³/mol. The van der Waals surface area contributed by atoms with E-state index in [2.05, 4.69) is 27.4 Å². The number of hydrogen-bond donors (Lipinski definition) is 1. The summed E-state index contributed by atoms with van der Waals surface area (Å²) in [4.78, 5) is 11.8. The maximum Gasteiger partial charge on any atom is 0.233 e. The highest BCUT2D eigenvalue weighted by Crippen LogP contribution is 2.17. The van der Waals surface area contributed by atoms with Gasteiger partial charge in [-0.3, -0.25) is 4.79 Å². The third-order valence-corrected chi connectivity index (χ3v) is 3.93. The molecule has 7 heteroatoms. The fourth-order valence-electron chi connectivity index (χ4n) is 1.66. The Morgan fingerprint density at radius 1 is 1.48 bits per heavy atom. The Labute approximate surface area is 127 Å². The molecule has 0 spiro atoms. The molecule has 1 atom stereocenters. The lowest BCUT2D eigenvalue weighted by Gasteiger charge is -2.10. The Bertz CT molecular complexity index is 598. The number of para-hydroxylation sites is 1. The Morgan fingerprint density at radius 3 is 2.95 bits per heavy atom. The molecule has 21 heavy (non-hydrogen) atoms. The van der Waals surface area contributed by atoms with E-state index in [1.54, 1.807) is 10.8 Å². The van der Waals surface area contributed by atoms with Crippen LogP contribution in [0.15, 0.2) is 43.0 Å². The minimum Gasteiger partial charge on any atom is -0.352 e.